The molecule has 11 heteroatoms. The summed E-state index contributed by atoms with van der Waals surface area (Å²) in [6.07, 6.45) is 1.60. The smallest absolute Gasteiger partial charge is 0.254 e. The van der Waals surface area contributed by atoms with E-state index in [1.807, 2.05) is 22.6 Å². The highest BCUT2D eigenvalue weighted by Crippen LogP contribution is 2.20. The largest absolute Gasteiger partial charge is 0.507 e. The van der Waals surface area contributed by atoms with E-state index < -0.39 is 5.43 Å². The minimum absolute atomic E-state index is 0.0320. The van der Waals surface area contributed by atoms with Gasteiger partial charge in [-0.1, -0.05) is 27.7 Å². The lowest BCUT2D eigenvalue weighted by atomic mass is 10.1. The number of aromatic hydroxyl groups is 1. The molecule has 0 atom stereocenters. The molecule has 4 N–H and O–H groups in total. The van der Waals surface area contributed by atoms with E-state index in [0.717, 1.165) is 38.8 Å². The third-order valence-corrected chi connectivity index (χ3v) is 7.37. The van der Waals surface area contributed by atoms with E-state index in [-0.39, 0.29) is 44.7 Å². The number of phenols is 1. The summed E-state index contributed by atoms with van der Waals surface area (Å²) >= 11 is 1.95. The molecular formula is C26H35IN6O4. The van der Waals surface area contributed by atoms with Crippen molar-refractivity contribution in [1.29, 1.82) is 0 Å². The van der Waals surface area contributed by atoms with Gasteiger partial charge in [-0.3, -0.25) is 14.4 Å². The lowest BCUT2D eigenvalue weighted by Gasteiger charge is -2.18. The number of H-pyrrole nitrogens is 1. The molecule has 0 spiro atoms. The van der Waals surface area contributed by atoms with E-state index in [1.165, 1.54) is 6.07 Å². The summed E-state index contributed by atoms with van der Waals surface area (Å²) in [6.45, 7) is 14.5. The van der Waals surface area contributed by atoms with Crippen LogP contribution in [-0.4, -0.2) is 83.1 Å². The van der Waals surface area contributed by atoms with E-state index in [9.17, 15) is 19.5 Å². The van der Waals surface area contributed by atoms with Gasteiger partial charge in [0.2, 0.25) is 10.9 Å². The number of nitrogens with one attached hydrogen (secondary N) is 3. The number of carbonyl (C=O) groups is 1. The lowest BCUT2D eigenvalue weighted by Crippen LogP contribution is -2.35. The molecule has 10 nitrogen and oxygen atoms in total. The predicted molar refractivity (Wildman–Crippen MR) is 156 cm³/mol. The zero-order valence-electron chi connectivity index (χ0n) is 21.8. The van der Waals surface area contributed by atoms with Gasteiger partial charge in [0.15, 0.2) is 0 Å². The fourth-order valence-electron chi connectivity index (χ4n) is 4.23. The van der Waals surface area contributed by atoms with Crippen molar-refractivity contribution in [2.24, 2.45) is 0 Å². The van der Waals surface area contributed by atoms with Gasteiger partial charge in [0, 0.05) is 48.1 Å². The molecule has 1 heterocycles. The Bertz CT molecular complexity index is 1430. The van der Waals surface area contributed by atoms with Crippen LogP contribution in [0.25, 0.3) is 28.3 Å². The number of phenolic OH excluding ortho intramolecular Hbond substituents is 1. The summed E-state index contributed by atoms with van der Waals surface area (Å²) in [5.41, 5.74) is -0.0911. The first-order chi connectivity index (χ1) is 17.7. The highest BCUT2D eigenvalue weighted by molar-refractivity contribution is 14.1. The second-order valence-electron chi connectivity index (χ2n) is 8.63. The maximum atomic E-state index is 13.1. The van der Waals surface area contributed by atoms with Gasteiger partial charge in [0.25, 0.3) is 5.91 Å². The van der Waals surface area contributed by atoms with E-state index in [0.29, 0.717) is 28.4 Å². The normalized spacial score (nSPS) is 12.2. The monoisotopic (exact) mass is 622 g/mol. The summed E-state index contributed by atoms with van der Waals surface area (Å²) in [5, 5.41) is 16.9. The van der Waals surface area contributed by atoms with Gasteiger partial charge in [-0.2, -0.15) is 0 Å². The van der Waals surface area contributed by atoms with Crippen LogP contribution >= 0.6 is 22.6 Å². The topological polar surface area (TPSA) is 131 Å². The van der Waals surface area contributed by atoms with Crippen molar-refractivity contribution in [2.75, 3.05) is 52.4 Å². The first kappa shape index (κ1) is 28.8. The number of fused-ring (bicyclic) bond motifs is 2. The highest BCUT2D eigenvalue weighted by atomic mass is 127. The van der Waals surface area contributed by atoms with E-state index in [2.05, 4.69) is 58.1 Å². The number of rotatable bonds is 12. The molecule has 0 saturated heterocycles. The number of aromatic amines is 1. The van der Waals surface area contributed by atoms with Crippen LogP contribution in [0.2, 0.25) is 0 Å². The molecule has 1 aromatic heterocycles. The van der Waals surface area contributed by atoms with Gasteiger partial charge in [-0.05, 0) is 48.8 Å². The molecule has 1 amide bonds. The van der Waals surface area contributed by atoms with Crippen LogP contribution in [0.5, 0.6) is 5.75 Å². The van der Waals surface area contributed by atoms with Crippen molar-refractivity contribution in [3.8, 4) is 5.75 Å². The summed E-state index contributed by atoms with van der Waals surface area (Å²) in [6, 6.07) is 2.47. The summed E-state index contributed by atoms with van der Waals surface area (Å²) in [4.78, 5) is 50.8. The molecule has 0 saturated carbocycles. The van der Waals surface area contributed by atoms with Crippen LogP contribution in [0.3, 0.4) is 0 Å². The molecule has 0 unspecified atom stereocenters. The first-order valence-corrected chi connectivity index (χ1v) is 13.7. The molecule has 0 aliphatic rings. The summed E-state index contributed by atoms with van der Waals surface area (Å²) in [7, 11) is 0. The predicted octanol–water partition coefficient (Wildman–Crippen LogP) is 1.21. The van der Waals surface area contributed by atoms with E-state index in [4.69, 9.17) is 0 Å². The third kappa shape index (κ3) is 6.57. The van der Waals surface area contributed by atoms with Crippen LogP contribution in [0.4, 0.5) is 0 Å². The number of nitrogens with zero attached hydrogens (tertiary/aromatic N) is 3. The first-order valence-electron chi connectivity index (χ1n) is 12.6. The zero-order chi connectivity index (χ0) is 27.1. The Balaban J connectivity index is 2.07. The number of halogens is 1. The SMILES string of the molecule is CCN(CC)CCNC=c1c(O)cc(=O)c2[nH]c3c(C(=O)NCCN(CC)CC)c(I)cc(=O)c3nc12. The molecule has 2 aromatic carbocycles. The second-order valence-corrected chi connectivity index (χ2v) is 9.79. The lowest BCUT2D eigenvalue weighted by molar-refractivity contribution is 0.0949. The number of amides is 1. The number of carbonyl (C=O) groups excluding carboxylic acids is 1. The Morgan fingerprint density at radius 1 is 0.973 bits per heavy atom. The molecule has 0 aliphatic heterocycles. The Morgan fingerprint density at radius 2 is 1.59 bits per heavy atom. The highest BCUT2D eigenvalue weighted by Gasteiger charge is 2.20. The Kier molecular flexibility index (Phi) is 10.2. The number of likely N-dealkylation sites (N-methyl/N-ethyl adjacent to an activating group) is 2. The molecule has 37 heavy (non-hydrogen) atoms. The minimum atomic E-state index is -0.485. The fourth-order valence-corrected chi connectivity index (χ4v) is 5.02. The van der Waals surface area contributed by atoms with Gasteiger partial charge >= 0.3 is 0 Å². The maximum absolute atomic E-state index is 13.1. The molecule has 3 aromatic rings. The quantitative estimate of drug-likeness (QED) is 0.135. The zero-order valence-corrected chi connectivity index (χ0v) is 23.9. The van der Waals surface area contributed by atoms with Crippen LogP contribution in [0.15, 0.2) is 21.7 Å². The van der Waals surface area contributed by atoms with Crippen molar-refractivity contribution < 1.29 is 9.90 Å². The summed E-state index contributed by atoms with van der Waals surface area (Å²) < 4.78 is 0.462. The summed E-state index contributed by atoms with van der Waals surface area (Å²) in [5.74, 6) is -0.588. The fraction of sp³-hybridized carbons (Fsp3) is 0.462. The van der Waals surface area contributed by atoms with Crippen molar-refractivity contribution in [3.63, 3.8) is 0 Å². The van der Waals surface area contributed by atoms with Crippen LogP contribution < -0.4 is 26.7 Å². The molecule has 0 fully saturated rings. The number of hydrogen-bond donors (Lipinski definition) is 4. The van der Waals surface area contributed by atoms with Crippen molar-refractivity contribution in [3.05, 3.63) is 46.9 Å². The third-order valence-electron chi connectivity index (χ3n) is 6.52. The van der Waals surface area contributed by atoms with Gasteiger partial charge in [-0.25, -0.2) is 4.98 Å². The van der Waals surface area contributed by atoms with Gasteiger partial charge in [0.05, 0.1) is 16.3 Å². The molecule has 0 aliphatic carbocycles. The second kappa shape index (κ2) is 13.2. The number of hydrogen-bond acceptors (Lipinski definition) is 8. The number of aromatic nitrogens is 2. The minimum Gasteiger partial charge on any atom is -0.507 e. The van der Waals surface area contributed by atoms with E-state index in [1.54, 1.807) is 6.20 Å². The van der Waals surface area contributed by atoms with Crippen molar-refractivity contribution in [1.82, 2.24) is 30.4 Å². The average molecular weight is 623 g/mol. The van der Waals surface area contributed by atoms with Gasteiger partial charge < -0.3 is 30.5 Å². The van der Waals surface area contributed by atoms with Crippen molar-refractivity contribution in [2.45, 2.75) is 27.7 Å². The Labute approximate surface area is 229 Å². The Morgan fingerprint density at radius 3 is 2.22 bits per heavy atom. The number of benzene rings is 2. The van der Waals surface area contributed by atoms with Crippen LogP contribution in [0, 0.1) is 3.57 Å². The Hall–Kier alpha value is -2.77. The van der Waals surface area contributed by atoms with Crippen LogP contribution in [-0.2, 0) is 0 Å². The molecule has 0 bridgehead atoms. The van der Waals surface area contributed by atoms with Gasteiger partial charge in [0.1, 0.15) is 22.3 Å². The molecule has 200 valence electrons. The van der Waals surface area contributed by atoms with Gasteiger partial charge in [-0.15, -0.1) is 0 Å². The van der Waals surface area contributed by atoms with Crippen molar-refractivity contribution >= 4 is 56.8 Å². The average Bonchev–Trinajstić information content (AvgIpc) is 2.87. The van der Waals surface area contributed by atoms with Crippen LogP contribution in [0.1, 0.15) is 38.1 Å². The maximum Gasteiger partial charge on any atom is 0.254 e. The molecule has 0 radical (unpaired) electrons. The molecular weight excluding hydrogens is 587 g/mol. The standard InChI is InChI=1S/C26H35IN6O4/c1-5-32(6-2)11-9-28-15-16-18(34)14-20(36)23-22(16)30-24-19(35)13-17(27)21(25(24)31-23)26(37)29-10-12-33(7-3)8-4/h13-15,28,31,34H,5-12H2,1-4H3,(H,29,37). The van der Waals surface area contributed by atoms with E-state index >= 15 is 0 Å². The molecule has 3 rings (SSSR count).